The molecule has 4 heterocycles. The summed E-state index contributed by atoms with van der Waals surface area (Å²) in [5, 5.41) is 0. The summed E-state index contributed by atoms with van der Waals surface area (Å²) in [5.41, 5.74) is 2.69. The van der Waals surface area contributed by atoms with Crippen LogP contribution in [0.2, 0.25) is 0 Å². The molecule has 0 spiro atoms. The number of likely N-dealkylation sites (tertiary alicyclic amines) is 1. The van der Waals surface area contributed by atoms with Crippen LogP contribution in [0.5, 0.6) is 0 Å². The lowest BCUT2D eigenvalue weighted by Crippen LogP contribution is -2.42. The van der Waals surface area contributed by atoms with Gasteiger partial charge in [-0.2, -0.15) is 0 Å². The Labute approximate surface area is 191 Å². The van der Waals surface area contributed by atoms with E-state index in [4.69, 9.17) is 4.98 Å². The Morgan fingerprint density at radius 2 is 1.94 bits per heavy atom. The molecule has 0 aliphatic carbocycles. The van der Waals surface area contributed by atoms with Crippen molar-refractivity contribution in [3.8, 4) is 11.1 Å². The van der Waals surface area contributed by atoms with Crippen molar-refractivity contribution in [2.24, 2.45) is 14.1 Å². The molecule has 1 amide bonds. The van der Waals surface area contributed by atoms with E-state index in [0.29, 0.717) is 6.54 Å². The fraction of sp³-hybridized carbons (Fsp3) is 0.417. The molecule has 1 aliphatic rings. The van der Waals surface area contributed by atoms with Gasteiger partial charge in [-0.05, 0) is 43.4 Å². The van der Waals surface area contributed by atoms with Crippen LogP contribution in [0, 0.1) is 6.92 Å². The molecule has 1 aliphatic heterocycles. The van der Waals surface area contributed by atoms with Gasteiger partial charge >= 0.3 is 5.69 Å². The van der Waals surface area contributed by atoms with Crippen molar-refractivity contribution < 1.29 is 4.79 Å². The normalized spacial score (nSPS) is 15.8. The summed E-state index contributed by atoms with van der Waals surface area (Å²) in [6.45, 7) is 4.58. The molecule has 9 nitrogen and oxygen atoms in total. The molecule has 33 heavy (non-hydrogen) atoms. The minimum absolute atomic E-state index is 0.0829. The first kappa shape index (κ1) is 22.6. The SMILES string of the molecule is CCCc1ncc(-c2ccncc2C)c([C@H]2CCCN2C(=O)c2cc(=O)n(C)c(=O)n2C)n1. The standard InChI is InChI=1S/C24H28N6O3/c1-5-7-20-26-14-17(16-9-10-25-13-15(16)2)22(27-20)18-8-6-11-30(18)23(32)19-12-21(31)29(4)24(33)28(19)3/h9-10,12-14,18H,5-8,11H2,1-4H3/t18-/m1/s1. The molecule has 3 aromatic heterocycles. The predicted molar refractivity (Wildman–Crippen MR) is 124 cm³/mol. The first-order valence-corrected chi connectivity index (χ1v) is 11.2. The number of hydrogen-bond acceptors (Lipinski definition) is 6. The molecule has 0 aromatic carbocycles. The van der Waals surface area contributed by atoms with E-state index in [1.54, 1.807) is 17.3 Å². The highest BCUT2D eigenvalue weighted by molar-refractivity contribution is 5.93. The Kier molecular flexibility index (Phi) is 6.22. The second-order valence-electron chi connectivity index (χ2n) is 8.45. The van der Waals surface area contributed by atoms with Gasteiger partial charge in [0.25, 0.3) is 11.5 Å². The number of aromatic nitrogens is 5. The summed E-state index contributed by atoms with van der Waals surface area (Å²) >= 11 is 0. The average molecular weight is 449 g/mol. The summed E-state index contributed by atoms with van der Waals surface area (Å²) < 4.78 is 2.22. The quantitative estimate of drug-likeness (QED) is 0.593. The number of aryl methyl sites for hydroxylation is 2. The van der Waals surface area contributed by atoms with E-state index < -0.39 is 11.2 Å². The largest absolute Gasteiger partial charge is 0.331 e. The summed E-state index contributed by atoms with van der Waals surface area (Å²) in [5.74, 6) is 0.395. The van der Waals surface area contributed by atoms with Gasteiger partial charge in [-0.3, -0.25) is 23.7 Å². The highest BCUT2D eigenvalue weighted by Gasteiger charge is 2.35. The Morgan fingerprint density at radius 3 is 2.67 bits per heavy atom. The first-order valence-electron chi connectivity index (χ1n) is 11.2. The van der Waals surface area contributed by atoms with Gasteiger partial charge in [0.15, 0.2) is 0 Å². The molecule has 4 rings (SSSR count). The smallest absolute Gasteiger partial charge is 0.329 e. The molecule has 172 valence electrons. The van der Waals surface area contributed by atoms with Gasteiger partial charge in [0.1, 0.15) is 11.5 Å². The van der Waals surface area contributed by atoms with Crippen LogP contribution >= 0.6 is 0 Å². The molecule has 0 saturated carbocycles. The Bertz CT molecular complexity index is 1330. The van der Waals surface area contributed by atoms with Gasteiger partial charge in [0.05, 0.1) is 11.7 Å². The number of carbonyl (C=O) groups is 1. The van der Waals surface area contributed by atoms with Gasteiger partial charge in [0, 0.05) is 57.3 Å². The van der Waals surface area contributed by atoms with Gasteiger partial charge in [0.2, 0.25) is 0 Å². The van der Waals surface area contributed by atoms with E-state index in [2.05, 4.69) is 16.9 Å². The molecule has 0 N–H and O–H groups in total. The van der Waals surface area contributed by atoms with Crippen molar-refractivity contribution in [2.45, 2.75) is 45.6 Å². The fourth-order valence-corrected chi connectivity index (χ4v) is 4.39. The molecule has 9 heteroatoms. The van der Waals surface area contributed by atoms with Gasteiger partial charge in [-0.15, -0.1) is 0 Å². The van der Waals surface area contributed by atoms with Gasteiger partial charge in [-0.25, -0.2) is 14.8 Å². The highest BCUT2D eigenvalue weighted by atomic mass is 16.2. The van der Waals surface area contributed by atoms with Crippen LogP contribution in [0.25, 0.3) is 11.1 Å². The van der Waals surface area contributed by atoms with Crippen LogP contribution < -0.4 is 11.2 Å². The van der Waals surface area contributed by atoms with Crippen molar-refractivity contribution in [1.29, 1.82) is 0 Å². The van der Waals surface area contributed by atoms with Crippen molar-refractivity contribution in [2.75, 3.05) is 6.54 Å². The number of hydrogen-bond donors (Lipinski definition) is 0. The number of nitrogens with zero attached hydrogens (tertiary/aromatic N) is 6. The lowest BCUT2D eigenvalue weighted by molar-refractivity contribution is 0.0721. The number of carbonyl (C=O) groups excluding carboxylic acids is 1. The van der Waals surface area contributed by atoms with Crippen molar-refractivity contribution in [3.05, 3.63) is 74.3 Å². The fourth-order valence-electron chi connectivity index (χ4n) is 4.39. The van der Waals surface area contributed by atoms with Crippen molar-refractivity contribution in [1.82, 2.24) is 29.0 Å². The molecular weight excluding hydrogens is 420 g/mol. The zero-order valence-electron chi connectivity index (χ0n) is 19.4. The molecule has 0 bridgehead atoms. The van der Waals surface area contributed by atoms with Gasteiger partial charge in [-0.1, -0.05) is 6.92 Å². The lowest BCUT2D eigenvalue weighted by atomic mass is 9.97. The van der Waals surface area contributed by atoms with E-state index in [9.17, 15) is 14.4 Å². The summed E-state index contributed by atoms with van der Waals surface area (Å²) in [7, 11) is 2.91. The first-order chi connectivity index (χ1) is 15.8. The Morgan fingerprint density at radius 1 is 1.15 bits per heavy atom. The van der Waals surface area contributed by atoms with Gasteiger partial charge < -0.3 is 4.90 Å². The summed E-state index contributed by atoms with van der Waals surface area (Å²) in [6.07, 6.45) is 8.57. The maximum atomic E-state index is 13.6. The summed E-state index contributed by atoms with van der Waals surface area (Å²) in [4.78, 5) is 53.6. The minimum Gasteiger partial charge on any atom is -0.329 e. The molecular formula is C24H28N6O3. The van der Waals surface area contributed by atoms with E-state index >= 15 is 0 Å². The third-order valence-electron chi connectivity index (χ3n) is 6.23. The van der Waals surface area contributed by atoms with E-state index in [1.165, 1.54) is 24.7 Å². The van der Waals surface area contributed by atoms with Crippen LogP contribution in [0.1, 0.15) is 59.8 Å². The molecule has 1 fully saturated rings. The molecule has 3 aromatic rings. The maximum Gasteiger partial charge on any atom is 0.331 e. The predicted octanol–water partition coefficient (Wildman–Crippen LogP) is 2.17. The van der Waals surface area contributed by atoms with Crippen LogP contribution in [-0.4, -0.2) is 41.4 Å². The summed E-state index contributed by atoms with van der Waals surface area (Å²) in [6, 6.07) is 2.89. The molecule has 1 atom stereocenters. The average Bonchev–Trinajstić information content (AvgIpc) is 3.30. The van der Waals surface area contributed by atoms with Crippen LogP contribution in [0.3, 0.4) is 0 Å². The van der Waals surface area contributed by atoms with Crippen LogP contribution in [-0.2, 0) is 20.5 Å². The van der Waals surface area contributed by atoms with Crippen LogP contribution in [0.15, 0.2) is 40.3 Å². The number of amides is 1. The molecule has 0 radical (unpaired) electrons. The van der Waals surface area contributed by atoms with E-state index in [1.807, 2.05) is 19.2 Å². The minimum atomic E-state index is -0.526. The van der Waals surface area contributed by atoms with Crippen molar-refractivity contribution in [3.63, 3.8) is 0 Å². The molecule has 1 saturated heterocycles. The van der Waals surface area contributed by atoms with Crippen molar-refractivity contribution >= 4 is 5.91 Å². The van der Waals surface area contributed by atoms with Crippen LogP contribution in [0.4, 0.5) is 0 Å². The monoisotopic (exact) mass is 448 g/mol. The topological polar surface area (TPSA) is 103 Å². The second-order valence-corrected chi connectivity index (χ2v) is 8.45. The zero-order chi connectivity index (χ0) is 23.7. The van der Waals surface area contributed by atoms with E-state index in [0.717, 1.165) is 58.5 Å². The maximum absolute atomic E-state index is 13.6. The Balaban J connectivity index is 1.82. The second kappa shape index (κ2) is 9.09. The lowest BCUT2D eigenvalue weighted by Gasteiger charge is -2.27. The number of rotatable bonds is 5. The highest BCUT2D eigenvalue weighted by Crippen LogP contribution is 2.37. The zero-order valence-corrected chi connectivity index (χ0v) is 19.4. The third-order valence-corrected chi connectivity index (χ3v) is 6.23. The Hall–Kier alpha value is -3.62. The molecule has 0 unspecified atom stereocenters. The van der Waals surface area contributed by atoms with E-state index in [-0.39, 0.29) is 17.6 Å². The third kappa shape index (κ3) is 4.10. The number of pyridine rings is 1.